The summed E-state index contributed by atoms with van der Waals surface area (Å²) < 4.78 is 4.85. The molecule has 100 valence electrons. The van der Waals surface area contributed by atoms with Gasteiger partial charge in [0.15, 0.2) is 0 Å². The standard InChI is InChI=1S/C12H24N2O3/c1-5-6-7-17-12(16)14-11(15)10(13-4)8-9(2)3/h9-10,13H,5-8H2,1-4H3,(H,14,15,16)/t10-/m0/s1. The summed E-state index contributed by atoms with van der Waals surface area (Å²) in [7, 11) is 1.70. The lowest BCUT2D eigenvalue weighted by Crippen LogP contribution is -2.45. The molecule has 0 saturated heterocycles. The van der Waals surface area contributed by atoms with Crippen LogP contribution in [0.5, 0.6) is 0 Å². The minimum atomic E-state index is -0.660. The summed E-state index contributed by atoms with van der Waals surface area (Å²) in [6.07, 6.45) is 1.79. The van der Waals surface area contributed by atoms with E-state index in [4.69, 9.17) is 4.74 Å². The van der Waals surface area contributed by atoms with E-state index >= 15 is 0 Å². The molecule has 0 aromatic heterocycles. The molecule has 0 rings (SSSR count). The number of likely N-dealkylation sites (N-methyl/N-ethyl adjacent to an activating group) is 1. The Morgan fingerprint density at radius 3 is 2.41 bits per heavy atom. The van der Waals surface area contributed by atoms with Gasteiger partial charge in [0.2, 0.25) is 5.91 Å². The van der Waals surface area contributed by atoms with Crippen molar-refractivity contribution in [2.75, 3.05) is 13.7 Å². The van der Waals surface area contributed by atoms with Crippen molar-refractivity contribution in [3.8, 4) is 0 Å². The summed E-state index contributed by atoms with van der Waals surface area (Å²) >= 11 is 0. The van der Waals surface area contributed by atoms with Crippen LogP contribution in [0, 0.1) is 5.92 Å². The molecule has 0 aromatic carbocycles. The lowest BCUT2D eigenvalue weighted by atomic mass is 10.0. The summed E-state index contributed by atoms with van der Waals surface area (Å²) in [5, 5.41) is 5.12. The minimum Gasteiger partial charge on any atom is -0.449 e. The van der Waals surface area contributed by atoms with E-state index in [0.29, 0.717) is 18.9 Å². The zero-order valence-electron chi connectivity index (χ0n) is 11.2. The molecule has 0 aliphatic rings. The number of ether oxygens (including phenoxy) is 1. The highest BCUT2D eigenvalue weighted by Crippen LogP contribution is 2.04. The summed E-state index contributed by atoms with van der Waals surface area (Å²) in [5.41, 5.74) is 0. The van der Waals surface area contributed by atoms with E-state index in [1.54, 1.807) is 7.05 Å². The van der Waals surface area contributed by atoms with E-state index < -0.39 is 6.09 Å². The molecule has 1 atom stereocenters. The van der Waals surface area contributed by atoms with Gasteiger partial charge in [-0.2, -0.15) is 0 Å². The summed E-state index contributed by atoms with van der Waals surface area (Å²) in [5.74, 6) is 0.0528. The maximum Gasteiger partial charge on any atom is 0.413 e. The molecule has 0 spiro atoms. The molecule has 0 aliphatic carbocycles. The van der Waals surface area contributed by atoms with Gasteiger partial charge < -0.3 is 10.1 Å². The Labute approximate surface area is 103 Å². The molecule has 5 heteroatoms. The number of alkyl carbamates (subject to hydrolysis) is 1. The second-order valence-corrected chi connectivity index (χ2v) is 4.45. The molecule has 0 radical (unpaired) electrons. The molecule has 0 fully saturated rings. The first-order chi connectivity index (χ1) is 8.01. The number of carbonyl (C=O) groups is 2. The molecule has 0 aromatic rings. The summed E-state index contributed by atoms with van der Waals surface area (Å²) in [4.78, 5) is 22.9. The van der Waals surface area contributed by atoms with Crippen LogP contribution in [-0.4, -0.2) is 31.7 Å². The maximum absolute atomic E-state index is 11.7. The number of rotatable bonds is 7. The van der Waals surface area contributed by atoms with Crippen molar-refractivity contribution >= 4 is 12.0 Å². The normalized spacial score (nSPS) is 12.3. The number of carbonyl (C=O) groups excluding carboxylic acids is 2. The Balaban J connectivity index is 3.99. The molecule has 0 bridgehead atoms. The monoisotopic (exact) mass is 244 g/mol. The van der Waals surface area contributed by atoms with Gasteiger partial charge in [-0.25, -0.2) is 4.79 Å². The van der Waals surface area contributed by atoms with Gasteiger partial charge in [0.05, 0.1) is 12.6 Å². The molecule has 0 unspecified atom stereocenters. The van der Waals surface area contributed by atoms with Gasteiger partial charge in [-0.15, -0.1) is 0 Å². The zero-order chi connectivity index (χ0) is 13.3. The Bertz CT molecular complexity index is 242. The molecule has 5 nitrogen and oxygen atoms in total. The fourth-order valence-electron chi connectivity index (χ4n) is 1.36. The summed E-state index contributed by atoms with van der Waals surface area (Å²) in [6, 6.07) is -0.353. The Morgan fingerprint density at radius 2 is 1.94 bits per heavy atom. The number of imide groups is 1. The third-order valence-corrected chi connectivity index (χ3v) is 2.33. The van der Waals surface area contributed by atoms with E-state index in [1.807, 2.05) is 20.8 Å². The molecule has 17 heavy (non-hydrogen) atoms. The number of hydrogen-bond acceptors (Lipinski definition) is 4. The van der Waals surface area contributed by atoms with Crippen molar-refractivity contribution < 1.29 is 14.3 Å². The molecule has 0 heterocycles. The second-order valence-electron chi connectivity index (χ2n) is 4.45. The van der Waals surface area contributed by atoms with Gasteiger partial charge >= 0.3 is 6.09 Å². The van der Waals surface area contributed by atoms with Crippen LogP contribution in [0.1, 0.15) is 40.0 Å². The van der Waals surface area contributed by atoms with Crippen LogP contribution in [0.4, 0.5) is 4.79 Å². The SMILES string of the molecule is CCCCOC(=O)NC(=O)[C@H](CC(C)C)NC. The zero-order valence-corrected chi connectivity index (χ0v) is 11.2. The summed E-state index contributed by atoms with van der Waals surface area (Å²) in [6.45, 7) is 6.41. The van der Waals surface area contributed by atoms with Crippen LogP contribution >= 0.6 is 0 Å². The highest BCUT2D eigenvalue weighted by Gasteiger charge is 2.20. The average Bonchev–Trinajstić information content (AvgIpc) is 2.25. The molecule has 2 N–H and O–H groups in total. The second kappa shape index (κ2) is 8.98. The quantitative estimate of drug-likeness (QED) is 0.669. The Kier molecular flexibility index (Phi) is 8.40. The first-order valence-electron chi connectivity index (χ1n) is 6.16. The highest BCUT2D eigenvalue weighted by atomic mass is 16.5. The predicted molar refractivity (Wildman–Crippen MR) is 66.7 cm³/mol. The van der Waals surface area contributed by atoms with Gasteiger partial charge in [-0.1, -0.05) is 27.2 Å². The predicted octanol–water partition coefficient (Wildman–Crippen LogP) is 1.67. The molecule has 0 aliphatic heterocycles. The van der Waals surface area contributed by atoms with Gasteiger partial charge in [-0.05, 0) is 25.8 Å². The molecule has 2 amide bonds. The van der Waals surface area contributed by atoms with E-state index in [9.17, 15) is 9.59 Å². The Hall–Kier alpha value is -1.10. The van der Waals surface area contributed by atoms with Crippen molar-refractivity contribution in [1.82, 2.24) is 10.6 Å². The number of amides is 2. The lowest BCUT2D eigenvalue weighted by molar-refractivity contribution is -0.122. The number of nitrogens with one attached hydrogen (secondary N) is 2. The first-order valence-corrected chi connectivity index (χ1v) is 6.16. The van der Waals surface area contributed by atoms with Crippen LogP contribution in [0.2, 0.25) is 0 Å². The van der Waals surface area contributed by atoms with Crippen LogP contribution in [0.25, 0.3) is 0 Å². The maximum atomic E-state index is 11.7. The topological polar surface area (TPSA) is 67.4 Å². The van der Waals surface area contributed by atoms with Crippen LogP contribution < -0.4 is 10.6 Å². The van der Waals surface area contributed by atoms with E-state index in [2.05, 4.69) is 10.6 Å². The van der Waals surface area contributed by atoms with Crippen molar-refractivity contribution in [2.24, 2.45) is 5.92 Å². The smallest absolute Gasteiger partial charge is 0.413 e. The average molecular weight is 244 g/mol. The van der Waals surface area contributed by atoms with E-state index in [0.717, 1.165) is 12.8 Å². The van der Waals surface area contributed by atoms with Gasteiger partial charge in [0.1, 0.15) is 0 Å². The van der Waals surface area contributed by atoms with Crippen LogP contribution in [0.15, 0.2) is 0 Å². The fourth-order valence-corrected chi connectivity index (χ4v) is 1.36. The van der Waals surface area contributed by atoms with Crippen molar-refractivity contribution in [1.29, 1.82) is 0 Å². The third kappa shape index (κ3) is 7.74. The van der Waals surface area contributed by atoms with Gasteiger partial charge in [-0.3, -0.25) is 10.1 Å². The molecular formula is C12H24N2O3. The Morgan fingerprint density at radius 1 is 1.29 bits per heavy atom. The largest absolute Gasteiger partial charge is 0.449 e. The van der Waals surface area contributed by atoms with Crippen LogP contribution in [0.3, 0.4) is 0 Å². The minimum absolute atomic E-state index is 0.331. The highest BCUT2D eigenvalue weighted by molar-refractivity contribution is 5.94. The molecular weight excluding hydrogens is 220 g/mol. The van der Waals surface area contributed by atoms with Gasteiger partial charge in [0.25, 0.3) is 0 Å². The number of unbranched alkanes of at least 4 members (excludes halogenated alkanes) is 1. The molecule has 0 saturated carbocycles. The third-order valence-electron chi connectivity index (χ3n) is 2.33. The van der Waals surface area contributed by atoms with Crippen molar-refractivity contribution in [3.63, 3.8) is 0 Å². The van der Waals surface area contributed by atoms with E-state index in [1.165, 1.54) is 0 Å². The van der Waals surface area contributed by atoms with Crippen molar-refractivity contribution in [3.05, 3.63) is 0 Å². The fraction of sp³-hybridized carbons (Fsp3) is 0.833. The van der Waals surface area contributed by atoms with E-state index in [-0.39, 0.29) is 11.9 Å². The lowest BCUT2D eigenvalue weighted by Gasteiger charge is -2.17. The van der Waals surface area contributed by atoms with Crippen molar-refractivity contribution in [2.45, 2.75) is 46.1 Å². The first kappa shape index (κ1) is 15.9. The van der Waals surface area contributed by atoms with Crippen LogP contribution in [-0.2, 0) is 9.53 Å². The number of hydrogen-bond donors (Lipinski definition) is 2. The van der Waals surface area contributed by atoms with Gasteiger partial charge in [0, 0.05) is 0 Å².